The fourth-order valence-corrected chi connectivity index (χ4v) is 2.39. The van der Waals surface area contributed by atoms with E-state index in [1.54, 1.807) is 12.4 Å². The summed E-state index contributed by atoms with van der Waals surface area (Å²) in [5.74, 6) is 0.890. The number of aromatic nitrogens is 1. The van der Waals surface area contributed by atoms with Crippen molar-refractivity contribution in [2.45, 2.75) is 19.4 Å². The molecule has 0 aliphatic rings. The van der Waals surface area contributed by atoms with E-state index in [2.05, 4.69) is 23.3 Å². The monoisotopic (exact) mass is 290 g/mol. The lowest BCUT2D eigenvalue weighted by molar-refractivity contribution is 0.312. The summed E-state index contributed by atoms with van der Waals surface area (Å²) in [6.07, 6.45) is 4.40. The van der Waals surface area contributed by atoms with Crippen molar-refractivity contribution in [2.24, 2.45) is 0 Å². The zero-order chi connectivity index (χ0) is 14.4. The molecule has 4 heteroatoms. The second kappa shape index (κ2) is 7.27. The highest BCUT2D eigenvalue weighted by Crippen LogP contribution is 2.32. The third-order valence-corrected chi connectivity index (χ3v) is 3.41. The number of ether oxygens (including phenoxy) is 1. The Hall–Kier alpha value is -1.58. The first-order chi connectivity index (χ1) is 9.77. The van der Waals surface area contributed by atoms with E-state index in [0.717, 1.165) is 23.3 Å². The fourth-order valence-electron chi connectivity index (χ4n) is 2.16. The molecule has 1 unspecified atom stereocenters. The number of nitrogens with zero attached hydrogens (tertiary/aromatic N) is 1. The molecule has 0 aliphatic carbocycles. The van der Waals surface area contributed by atoms with Gasteiger partial charge in [-0.25, -0.2) is 0 Å². The number of benzene rings is 1. The van der Waals surface area contributed by atoms with Crippen LogP contribution >= 0.6 is 11.6 Å². The fraction of sp³-hybridized carbons (Fsp3) is 0.312. The molecular formula is C16H19ClN2O. The summed E-state index contributed by atoms with van der Waals surface area (Å²) in [5, 5.41) is 3.95. The molecule has 0 bridgehead atoms. The summed E-state index contributed by atoms with van der Waals surface area (Å²) in [4.78, 5) is 4.04. The van der Waals surface area contributed by atoms with Gasteiger partial charge in [0.15, 0.2) is 0 Å². The maximum absolute atomic E-state index is 6.26. The lowest BCUT2D eigenvalue weighted by atomic mass is 9.99. The molecular weight excluding hydrogens is 272 g/mol. The Morgan fingerprint density at radius 2 is 2.05 bits per heavy atom. The number of halogens is 1. The summed E-state index contributed by atoms with van der Waals surface area (Å²) >= 11 is 6.26. The van der Waals surface area contributed by atoms with Crippen LogP contribution in [0.25, 0.3) is 0 Å². The van der Waals surface area contributed by atoms with Crippen molar-refractivity contribution < 1.29 is 4.74 Å². The Labute approximate surface area is 124 Å². The molecule has 1 aromatic heterocycles. The van der Waals surface area contributed by atoms with E-state index in [4.69, 9.17) is 16.3 Å². The van der Waals surface area contributed by atoms with Crippen LogP contribution in [-0.2, 0) is 0 Å². The van der Waals surface area contributed by atoms with Crippen molar-refractivity contribution in [2.75, 3.05) is 13.7 Å². The molecule has 0 amide bonds. The van der Waals surface area contributed by atoms with Gasteiger partial charge in [-0.3, -0.25) is 4.98 Å². The largest absolute Gasteiger partial charge is 0.493 e. The SMILES string of the molecule is CCCOc1ccccc1C(NC)c1ccncc1Cl. The highest BCUT2D eigenvalue weighted by atomic mass is 35.5. The summed E-state index contributed by atoms with van der Waals surface area (Å²) in [6.45, 7) is 2.80. The van der Waals surface area contributed by atoms with Crippen molar-refractivity contribution in [1.82, 2.24) is 10.3 Å². The average Bonchev–Trinajstić information content (AvgIpc) is 2.49. The predicted octanol–water partition coefficient (Wildman–Crippen LogP) is 3.83. The van der Waals surface area contributed by atoms with Crippen LogP contribution < -0.4 is 10.1 Å². The molecule has 0 saturated carbocycles. The van der Waals surface area contributed by atoms with Crippen LogP contribution in [0, 0.1) is 0 Å². The van der Waals surface area contributed by atoms with Gasteiger partial charge in [0.2, 0.25) is 0 Å². The highest BCUT2D eigenvalue weighted by molar-refractivity contribution is 6.31. The molecule has 0 spiro atoms. The van der Waals surface area contributed by atoms with Crippen LogP contribution in [0.4, 0.5) is 0 Å². The number of para-hydroxylation sites is 1. The van der Waals surface area contributed by atoms with Crippen molar-refractivity contribution in [3.8, 4) is 5.75 Å². The number of rotatable bonds is 6. The third kappa shape index (κ3) is 3.30. The van der Waals surface area contributed by atoms with Crippen molar-refractivity contribution in [3.63, 3.8) is 0 Å². The molecule has 20 heavy (non-hydrogen) atoms. The molecule has 1 N–H and O–H groups in total. The Bertz CT molecular complexity index is 560. The van der Waals surface area contributed by atoms with Crippen LogP contribution in [0.15, 0.2) is 42.7 Å². The summed E-state index contributed by atoms with van der Waals surface area (Å²) < 4.78 is 5.83. The maximum atomic E-state index is 6.26. The first-order valence-corrected chi connectivity index (χ1v) is 7.14. The molecule has 2 aromatic rings. The molecule has 1 atom stereocenters. The van der Waals surface area contributed by atoms with Crippen LogP contribution in [0.1, 0.15) is 30.5 Å². The molecule has 2 rings (SSSR count). The minimum Gasteiger partial charge on any atom is -0.493 e. The average molecular weight is 291 g/mol. The van der Waals surface area contributed by atoms with E-state index in [1.165, 1.54) is 0 Å². The standard InChI is InChI=1S/C16H19ClN2O/c1-3-10-20-15-7-5-4-6-13(15)16(18-2)12-8-9-19-11-14(12)17/h4-9,11,16,18H,3,10H2,1-2H3. The maximum Gasteiger partial charge on any atom is 0.124 e. The van der Waals surface area contributed by atoms with Gasteiger partial charge in [0.05, 0.1) is 17.7 Å². The van der Waals surface area contributed by atoms with Gasteiger partial charge in [-0.05, 0) is 31.2 Å². The zero-order valence-corrected chi connectivity index (χ0v) is 12.5. The van der Waals surface area contributed by atoms with Crippen molar-refractivity contribution in [3.05, 3.63) is 58.9 Å². The minimum absolute atomic E-state index is 0.0152. The summed E-state index contributed by atoms with van der Waals surface area (Å²) in [5.41, 5.74) is 2.08. The van der Waals surface area contributed by atoms with Crippen LogP contribution in [0.2, 0.25) is 5.02 Å². The van der Waals surface area contributed by atoms with Gasteiger partial charge < -0.3 is 10.1 Å². The summed E-state index contributed by atoms with van der Waals surface area (Å²) in [7, 11) is 1.91. The predicted molar refractivity (Wildman–Crippen MR) is 82.4 cm³/mol. The Balaban J connectivity index is 2.39. The molecule has 0 aliphatic heterocycles. The lowest BCUT2D eigenvalue weighted by Gasteiger charge is -2.21. The van der Waals surface area contributed by atoms with Gasteiger partial charge >= 0.3 is 0 Å². The number of nitrogens with one attached hydrogen (secondary N) is 1. The van der Waals surface area contributed by atoms with Gasteiger partial charge in [-0.2, -0.15) is 0 Å². The lowest BCUT2D eigenvalue weighted by Crippen LogP contribution is -2.19. The quantitative estimate of drug-likeness (QED) is 0.878. The molecule has 3 nitrogen and oxygen atoms in total. The normalized spacial score (nSPS) is 12.2. The van der Waals surface area contributed by atoms with Crippen molar-refractivity contribution >= 4 is 11.6 Å². The first-order valence-electron chi connectivity index (χ1n) is 6.76. The number of hydrogen-bond donors (Lipinski definition) is 1. The number of pyridine rings is 1. The second-order valence-corrected chi connectivity index (χ2v) is 4.91. The molecule has 1 heterocycles. The van der Waals surface area contributed by atoms with E-state index < -0.39 is 0 Å². The van der Waals surface area contributed by atoms with Gasteiger partial charge in [-0.1, -0.05) is 36.7 Å². The summed E-state index contributed by atoms with van der Waals surface area (Å²) in [6, 6.07) is 9.95. The first kappa shape index (κ1) is 14.8. The number of hydrogen-bond acceptors (Lipinski definition) is 3. The van der Waals surface area contributed by atoms with Gasteiger partial charge in [0.25, 0.3) is 0 Å². The molecule has 106 valence electrons. The molecule has 1 aromatic carbocycles. The van der Waals surface area contributed by atoms with Gasteiger partial charge in [0, 0.05) is 18.0 Å². The Kier molecular flexibility index (Phi) is 5.39. The van der Waals surface area contributed by atoms with Gasteiger partial charge in [0.1, 0.15) is 5.75 Å². The van der Waals surface area contributed by atoms with Crippen LogP contribution in [0.3, 0.4) is 0 Å². The van der Waals surface area contributed by atoms with Crippen LogP contribution in [0.5, 0.6) is 5.75 Å². The zero-order valence-electron chi connectivity index (χ0n) is 11.8. The second-order valence-electron chi connectivity index (χ2n) is 4.51. The van der Waals surface area contributed by atoms with E-state index >= 15 is 0 Å². The van der Waals surface area contributed by atoms with Crippen molar-refractivity contribution in [1.29, 1.82) is 0 Å². The molecule has 0 radical (unpaired) electrons. The van der Waals surface area contributed by atoms with Gasteiger partial charge in [-0.15, -0.1) is 0 Å². The minimum atomic E-state index is -0.0152. The molecule has 0 saturated heterocycles. The Morgan fingerprint density at radius 1 is 1.25 bits per heavy atom. The smallest absolute Gasteiger partial charge is 0.124 e. The van der Waals surface area contributed by atoms with E-state index in [-0.39, 0.29) is 6.04 Å². The Morgan fingerprint density at radius 3 is 2.75 bits per heavy atom. The highest BCUT2D eigenvalue weighted by Gasteiger charge is 2.18. The van der Waals surface area contributed by atoms with Crippen LogP contribution in [-0.4, -0.2) is 18.6 Å². The van der Waals surface area contributed by atoms with E-state index in [1.807, 2.05) is 31.3 Å². The topological polar surface area (TPSA) is 34.1 Å². The van der Waals surface area contributed by atoms with E-state index in [9.17, 15) is 0 Å². The van der Waals surface area contributed by atoms with E-state index in [0.29, 0.717) is 11.6 Å². The molecule has 0 fully saturated rings. The third-order valence-electron chi connectivity index (χ3n) is 3.10.